The monoisotopic (exact) mass is 429 g/mol. The molecule has 4 nitrogen and oxygen atoms in total. The van der Waals surface area contributed by atoms with E-state index in [2.05, 4.69) is 5.32 Å². The van der Waals surface area contributed by atoms with Crippen LogP contribution in [0.4, 0.5) is 10.7 Å². The summed E-state index contributed by atoms with van der Waals surface area (Å²) in [6, 6.07) is 16.7. The molecule has 1 heterocycles. The van der Waals surface area contributed by atoms with E-state index in [1.807, 2.05) is 42.5 Å². The zero-order valence-corrected chi connectivity index (χ0v) is 16.9. The molecule has 1 N–H and O–H groups in total. The van der Waals surface area contributed by atoms with Gasteiger partial charge in [0.15, 0.2) is 0 Å². The third-order valence-electron chi connectivity index (χ3n) is 4.36. The summed E-state index contributed by atoms with van der Waals surface area (Å²) in [5.41, 5.74) is 0.256. The van der Waals surface area contributed by atoms with Crippen molar-refractivity contribution >= 4 is 72.1 Å². The summed E-state index contributed by atoms with van der Waals surface area (Å²) in [6.45, 7) is 0. The van der Waals surface area contributed by atoms with E-state index in [1.165, 1.54) is 24.5 Å². The lowest BCUT2D eigenvalue weighted by molar-refractivity contribution is 0.0601. The highest BCUT2D eigenvalue weighted by atomic mass is 35.5. The number of hydrogen-bond acceptors (Lipinski definition) is 5. The molecule has 4 aromatic rings. The van der Waals surface area contributed by atoms with Crippen molar-refractivity contribution in [1.82, 2.24) is 0 Å². The topological polar surface area (TPSA) is 55.4 Å². The van der Waals surface area contributed by atoms with Crippen molar-refractivity contribution in [2.45, 2.75) is 0 Å². The fourth-order valence-corrected chi connectivity index (χ4v) is 4.51. The molecular formula is C21H13Cl2NO3S. The lowest BCUT2D eigenvalue weighted by Crippen LogP contribution is -2.18. The van der Waals surface area contributed by atoms with Crippen molar-refractivity contribution in [3.8, 4) is 0 Å². The first kappa shape index (κ1) is 18.7. The van der Waals surface area contributed by atoms with Crippen LogP contribution < -0.4 is 10.7 Å². The highest BCUT2D eigenvalue weighted by Gasteiger charge is 2.21. The second-order valence-corrected chi connectivity index (χ2v) is 7.91. The Labute approximate surface area is 174 Å². The molecule has 140 valence electrons. The number of hydrogen-bond donors (Lipinski definition) is 1. The predicted molar refractivity (Wildman–Crippen MR) is 117 cm³/mol. The number of rotatable bonds is 3. The van der Waals surface area contributed by atoms with Crippen molar-refractivity contribution in [3.63, 3.8) is 0 Å². The molecule has 0 aliphatic heterocycles. The summed E-state index contributed by atoms with van der Waals surface area (Å²) in [5, 5.41) is 6.55. The molecule has 7 heteroatoms. The van der Waals surface area contributed by atoms with E-state index in [4.69, 9.17) is 27.9 Å². The average Bonchev–Trinajstić information content (AvgIpc) is 2.70. The molecule has 0 bridgehead atoms. The average molecular weight is 430 g/mol. The molecule has 28 heavy (non-hydrogen) atoms. The predicted octanol–water partition coefficient (Wildman–Crippen LogP) is 6.25. The first-order valence-corrected chi connectivity index (χ1v) is 9.86. The lowest BCUT2D eigenvalue weighted by atomic mass is 10.1. The number of ether oxygens (including phenoxy) is 1. The van der Waals surface area contributed by atoms with Crippen molar-refractivity contribution in [2.24, 2.45) is 0 Å². The van der Waals surface area contributed by atoms with Gasteiger partial charge >= 0.3 is 5.97 Å². The minimum absolute atomic E-state index is 0.0636. The zero-order valence-electron chi connectivity index (χ0n) is 14.6. The first-order chi connectivity index (χ1) is 13.5. The summed E-state index contributed by atoms with van der Waals surface area (Å²) < 4.78 is 5.47. The van der Waals surface area contributed by atoms with Gasteiger partial charge < -0.3 is 10.1 Å². The maximum absolute atomic E-state index is 13.0. The molecule has 0 atom stereocenters. The van der Waals surface area contributed by atoms with E-state index in [1.54, 1.807) is 6.07 Å². The molecule has 0 saturated carbocycles. The molecule has 0 amide bonds. The van der Waals surface area contributed by atoms with E-state index in [0.717, 1.165) is 16.5 Å². The van der Waals surface area contributed by atoms with Gasteiger partial charge in [-0.1, -0.05) is 59.6 Å². The van der Waals surface area contributed by atoms with E-state index >= 15 is 0 Å². The fraction of sp³-hybridized carbons (Fsp3) is 0.0476. The second kappa shape index (κ2) is 7.43. The lowest BCUT2D eigenvalue weighted by Gasteiger charge is -2.13. The van der Waals surface area contributed by atoms with Crippen LogP contribution in [0.1, 0.15) is 10.4 Å². The van der Waals surface area contributed by atoms with Crippen molar-refractivity contribution in [3.05, 3.63) is 80.4 Å². The second-order valence-electron chi connectivity index (χ2n) is 6.04. The van der Waals surface area contributed by atoms with Crippen LogP contribution >= 0.6 is 34.5 Å². The molecule has 0 fully saturated rings. The summed E-state index contributed by atoms with van der Waals surface area (Å²) >= 11 is 13.4. The van der Waals surface area contributed by atoms with Crippen LogP contribution in [-0.2, 0) is 4.74 Å². The van der Waals surface area contributed by atoms with Crippen LogP contribution in [0, 0.1) is 0 Å². The van der Waals surface area contributed by atoms with E-state index in [0.29, 0.717) is 20.1 Å². The van der Waals surface area contributed by atoms with Gasteiger partial charge in [-0.15, -0.1) is 11.3 Å². The third kappa shape index (κ3) is 3.22. The Morgan fingerprint density at radius 1 is 1.00 bits per heavy atom. The molecule has 4 rings (SSSR count). The zero-order chi connectivity index (χ0) is 19.8. The van der Waals surface area contributed by atoms with Crippen molar-refractivity contribution in [2.75, 3.05) is 12.4 Å². The summed E-state index contributed by atoms with van der Waals surface area (Å²) in [6.07, 6.45) is 0. The van der Waals surface area contributed by atoms with Crippen LogP contribution in [0.3, 0.4) is 0 Å². The normalized spacial score (nSPS) is 11.0. The molecule has 0 aliphatic rings. The summed E-state index contributed by atoms with van der Waals surface area (Å²) in [4.78, 5) is 25.4. The van der Waals surface area contributed by atoms with Gasteiger partial charge in [0, 0.05) is 21.2 Å². The van der Waals surface area contributed by atoms with Crippen LogP contribution in [0.5, 0.6) is 0 Å². The van der Waals surface area contributed by atoms with Gasteiger partial charge in [0.2, 0.25) is 5.43 Å². The molecule has 0 aliphatic carbocycles. The van der Waals surface area contributed by atoms with Crippen LogP contribution in [-0.4, -0.2) is 13.1 Å². The maximum Gasteiger partial charge on any atom is 0.344 e. The first-order valence-electron chi connectivity index (χ1n) is 8.28. The Morgan fingerprint density at radius 2 is 1.71 bits per heavy atom. The van der Waals surface area contributed by atoms with Gasteiger partial charge in [-0.2, -0.15) is 0 Å². The van der Waals surface area contributed by atoms with Crippen LogP contribution in [0.2, 0.25) is 10.0 Å². The van der Waals surface area contributed by atoms with Gasteiger partial charge in [0.05, 0.1) is 17.2 Å². The largest absolute Gasteiger partial charge is 0.465 e. The Hall–Kier alpha value is -2.60. The van der Waals surface area contributed by atoms with Gasteiger partial charge in [-0.3, -0.25) is 4.79 Å². The summed E-state index contributed by atoms with van der Waals surface area (Å²) in [5.74, 6) is -0.711. The Morgan fingerprint density at radius 3 is 2.50 bits per heavy atom. The highest BCUT2D eigenvalue weighted by Crippen LogP contribution is 2.35. The molecule has 0 spiro atoms. The number of benzene rings is 3. The number of methoxy groups -OCH3 is 1. The number of nitrogens with one attached hydrogen (secondary N) is 1. The van der Waals surface area contributed by atoms with Crippen molar-refractivity contribution < 1.29 is 9.53 Å². The van der Waals surface area contributed by atoms with Gasteiger partial charge in [0.25, 0.3) is 0 Å². The molecule has 1 aromatic heterocycles. The molecule has 3 aromatic carbocycles. The number of carbonyl (C=O) groups is 1. The quantitative estimate of drug-likeness (QED) is 0.390. The Bertz CT molecular complexity index is 1300. The molecule has 0 radical (unpaired) electrons. The van der Waals surface area contributed by atoms with Gasteiger partial charge in [-0.25, -0.2) is 4.79 Å². The fourth-order valence-electron chi connectivity index (χ4n) is 3.02. The highest BCUT2D eigenvalue weighted by molar-refractivity contribution is 7.22. The molecule has 0 unspecified atom stereocenters. The molecule has 0 saturated heterocycles. The smallest absolute Gasteiger partial charge is 0.344 e. The van der Waals surface area contributed by atoms with Gasteiger partial charge in [0.1, 0.15) is 10.6 Å². The third-order valence-corrected chi connectivity index (χ3v) is 6.15. The Balaban J connectivity index is 1.98. The number of esters is 1. The number of fused-ring (bicyclic) bond motifs is 2. The van der Waals surface area contributed by atoms with Crippen molar-refractivity contribution in [1.29, 1.82) is 0 Å². The Kier molecular flexibility index (Phi) is 4.98. The van der Waals surface area contributed by atoms with Gasteiger partial charge in [-0.05, 0) is 23.6 Å². The number of anilines is 2. The van der Waals surface area contributed by atoms with Crippen LogP contribution in [0.25, 0.3) is 20.9 Å². The van der Waals surface area contributed by atoms with E-state index in [9.17, 15) is 9.59 Å². The standard InChI is InChI=1S/C21H13Cl2NO3S/c1-27-21(26)18-19(25)13-9-14(22)15(23)10-17(13)28-20(18)24-16-8-4-6-11-5-2-3-7-12(11)16/h2-10,24H,1H3. The SMILES string of the molecule is COC(=O)c1c(Nc2cccc3ccccc23)sc2cc(Cl)c(Cl)cc2c1=O. The minimum Gasteiger partial charge on any atom is -0.465 e. The van der Waals surface area contributed by atoms with E-state index in [-0.39, 0.29) is 10.6 Å². The maximum atomic E-state index is 13.0. The number of halogens is 2. The number of carbonyl (C=O) groups excluding carboxylic acids is 1. The summed E-state index contributed by atoms with van der Waals surface area (Å²) in [7, 11) is 1.24. The minimum atomic E-state index is -0.711. The van der Waals surface area contributed by atoms with E-state index < -0.39 is 11.4 Å². The van der Waals surface area contributed by atoms with Crippen LogP contribution in [0.15, 0.2) is 59.4 Å². The molecular weight excluding hydrogens is 417 g/mol.